The average Bonchev–Trinajstić information content (AvgIpc) is 3.20. The van der Waals surface area contributed by atoms with Gasteiger partial charge in [-0.2, -0.15) is 4.98 Å². The van der Waals surface area contributed by atoms with Crippen molar-refractivity contribution in [2.75, 3.05) is 11.9 Å². The van der Waals surface area contributed by atoms with E-state index in [0.29, 0.717) is 15.8 Å². The van der Waals surface area contributed by atoms with Crippen LogP contribution in [0.1, 0.15) is 16.0 Å². The van der Waals surface area contributed by atoms with Gasteiger partial charge in [0.2, 0.25) is 5.88 Å². The second-order valence-electron chi connectivity index (χ2n) is 5.60. The number of fused-ring (bicyclic) bond motifs is 1. The van der Waals surface area contributed by atoms with Gasteiger partial charge >= 0.3 is 0 Å². The summed E-state index contributed by atoms with van der Waals surface area (Å²) in [5.74, 6) is 0.740. The molecule has 4 rings (SSSR count). The molecule has 0 saturated carbocycles. The zero-order valence-electron chi connectivity index (χ0n) is 13.4. The number of aromatic nitrogens is 2. The van der Waals surface area contributed by atoms with Crippen LogP contribution in [0.15, 0.2) is 53.7 Å². The Morgan fingerprint density at radius 3 is 2.88 bits per heavy atom. The highest BCUT2D eigenvalue weighted by atomic mass is 32.1. The van der Waals surface area contributed by atoms with Crippen molar-refractivity contribution in [1.29, 1.82) is 0 Å². The first-order valence-corrected chi connectivity index (χ1v) is 8.80. The molecule has 0 atom stereocenters. The van der Waals surface area contributed by atoms with Crippen LogP contribution in [-0.4, -0.2) is 27.8 Å². The van der Waals surface area contributed by atoms with Gasteiger partial charge in [-0.25, -0.2) is 9.98 Å². The molecule has 0 fully saturated rings. The van der Waals surface area contributed by atoms with Crippen LogP contribution in [-0.2, 0) is 6.42 Å². The zero-order chi connectivity index (χ0) is 17.1. The quantitative estimate of drug-likeness (QED) is 0.726. The number of hydrogen-bond donors (Lipinski definition) is 2. The van der Waals surface area contributed by atoms with E-state index in [2.05, 4.69) is 32.4 Å². The van der Waals surface area contributed by atoms with Crippen molar-refractivity contribution in [1.82, 2.24) is 9.97 Å². The number of rotatable bonds is 5. The van der Waals surface area contributed by atoms with Gasteiger partial charge in [0.25, 0.3) is 0 Å². The second kappa shape index (κ2) is 6.86. The lowest BCUT2D eigenvalue weighted by atomic mass is 10.1. The van der Waals surface area contributed by atoms with E-state index >= 15 is 0 Å². The first kappa shape index (κ1) is 15.5. The third-order valence-corrected chi connectivity index (χ3v) is 4.83. The fourth-order valence-electron chi connectivity index (χ4n) is 2.63. The van der Waals surface area contributed by atoms with Crippen molar-refractivity contribution in [3.8, 4) is 5.88 Å². The SMILES string of the molecule is Oc1nc(NCCc2ccccc2)sc1/C=C1/C=Nc2ncccc21. The van der Waals surface area contributed by atoms with E-state index in [1.807, 2.05) is 36.4 Å². The van der Waals surface area contributed by atoms with Gasteiger partial charge in [-0.1, -0.05) is 41.7 Å². The second-order valence-corrected chi connectivity index (χ2v) is 6.63. The molecule has 0 spiro atoms. The summed E-state index contributed by atoms with van der Waals surface area (Å²) < 4.78 is 0. The van der Waals surface area contributed by atoms with Crippen molar-refractivity contribution in [3.05, 3.63) is 64.7 Å². The fourth-order valence-corrected chi connectivity index (χ4v) is 3.47. The van der Waals surface area contributed by atoms with Crippen LogP contribution in [0.2, 0.25) is 0 Å². The van der Waals surface area contributed by atoms with E-state index in [1.54, 1.807) is 12.4 Å². The highest BCUT2D eigenvalue weighted by Crippen LogP contribution is 2.35. The van der Waals surface area contributed by atoms with E-state index in [-0.39, 0.29) is 5.88 Å². The van der Waals surface area contributed by atoms with Crippen LogP contribution < -0.4 is 5.32 Å². The van der Waals surface area contributed by atoms with Gasteiger partial charge in [0.15, 0.2) is 10.9 Å². The lowest BCUT2D eigenvalue weighted by Crippen LogP contribution is -2.04. The largest absolute Gasteiger partial charge is 0.492 e. The predicted octanol–water partition coefficient (Wildman–Crippen LogP) is 4.15. The first-order valence-electron chi connectivity index (χ1n) is 7.98. The van der Waals surface area contributed by atoms with E-state index in [4.69, 9.17) is 0 Å². The normalized spacial score (nSPS) is 14.0. The number of aromatic hydroxyl groups is 1. The number of benzene rings is 1. The summed E-state index contributed by atoms with van der Waals surface area (Å²) in [6.07, 6.45) is 6.28. The minimum absolute atomic E-state index is 0.0328. The lowest BCUT2D eigenvalue weighted by molar-refractivity contribution is 0.457. The van der Waals surface area contributed by atoms with Crippen molar-refractivity contribution >= 4 is 40.1 Å². The zero-order valence-corrected chi connectivity index (χ0v) is 14.2. The van der Waals surface area contributed by atoms with Gasteiger partial charge in [-0.05, 0) is 30.2 Å². The Labute approximate surface area is 149 Å². The predicted molar refractivity (Wildman–Crippen MR) is 103 cm³/mol. The molecular formula is C19H16N4OS. The Morgan fingerprint density at radius 2 is 2.00 bits per heavy atom. The molecule has 0 amide bonds. The van der Waals surface area contributed by atoms with Gasteiger partial charge in [0.05, 0.1) is 4.88 Å². The monoisotopic (exact) mass is 348 g/mol. The summed E-state index contributed by atoms with van der Waals surface area (Å²) in [5, 5.41) is 14.1. The third kappa shape index (κ3) is 3.44. The Hall–Kier alpha value is -2.99. The van der Waals surface area contributed by atoms with Gasteiger partial charge in [-0.3, -0.25) is 0 Å². The maximum atomic E-state index is 10.1. The molecule has 0 bridgehead atoms. The molecule has 1 aliphatic rings. The van der Waals surface area contributed by atoms with Gasteiger partial charge in [0.1, 0.15) is 0 Å². The van der Waals surface area contributed by atoms with Crippen molar-refractivity contribution in [2.45, 2.75) is 6.42 Å². The molecule has 2 aromatic heterocycles. The number of allylic oxidation sites excluding steroid dienone is 1. The molecule has 0 saturated heterocycles. The molecule has 25 heavy (non-hydrogen) atoms. The molecule has 0 aliphatic carbocycles. The van der Waals surface area contributed by atoms with Crippen LogP contribution >= 0.6 is 11.3 Å². The molecule has 3 aromatic rings. The highest BCUT2D eigenvalue weighted by Gasteiger charge is 2.15. The maximum Gasteiger partial charge on any atom is 0.231 e. The van der Waals surface area contributed by atoms with Gasteiger partial charge < -0.3 is 10.4 Å². The molecule has 1 aromatic carbocycles. The summed E-state index contributed by atoms with van der Waals surface area (Å²) >= 11 is 1.43. The van der Waals surface area contributed by atoms with E-state index in [1.165, 1.54) is 16.9 Å². The number of pyridine rings is 1. The molecule has 0 unspecified atom stereocenters. The van der Waals surface area contributed by atoms with Crippen LogP contribution in [0, 0.1) is 0 Å². The summed E-state index contributed by atoms with van der Waals surface area (Å²) in [6, 6.07) is 14.1. The molecule has 5 nitrogen and oxygen atoms in total. The van der Waals surface area contributed by atoms with Crippen LogP contribution in [0.25, 0.3) is 11.6 Å². The molecular weight excluding hydrogens is 332 g/mol. The third-order valence-electron chi connectivity index (χ3n) is 3.88. The molecule has 124 valence electrons. The van der Waals surface area contributed by atoms with Crippen molar-refractivity contribution in [3.63, 3.8) is 0 Å². The Morgan fingerprint density at radius 1 is 1.12 bits per heavy atom. The standard InChI is InChI=1S/C19H16N4OS/c24-18-16(11-14-12-22-17-15(14)7-4-9-20-17)25-19(23-18)21-10-8-13-5-2-1-3-6-13/h1-7,9,11-12,24H,8,10H2,(H,21,23)/b14-11-. The Bertz CT molecular complexity index is 947. The molecule has 6 heteroatoms. The summed E-state index contributed by atoms with van der Waals surface area (Å²) in [7, 11) is 0. The summed E-state index contributed by atoms with van der Waals surface area (Å²) in [5.41, 5.74) is 3.16. The van der Waals surface area contributed by atoms with Crippen molar-refractivity contribution in [2.24, 2.45) is 4.99 Å². The smallest absolute Gasteiger partial charge is 0.231 e. The van der Waals surface area contributed by atoms with Crippen LogP contribution in [0.5, 0.6) is 5.88 Å². The number of anilines is 1. The maximum absolute atomic E-state index is 10.1. The first-order chi connectivity index (χ1) is 12.3. The number of nitrogens with zero attached hydrogens (tertiary/aromatic N) is 3. The summed E-state index contributed by atoms with van der Waals surface area (Å²) in [6.45, 7) is 0.765. The van der Waals surface area contributed by atoms with Crippen LogP contribution in [0.3, 0.4) is 0 Å². The highest BCUT2D eigenvalue weighted by molar-refractivity contribution is 7.16. The number of thiazole rings is 1. The minimum atomic E-state index is 0.0328. The molecule has 1 aliphatic heterocycles. The molecule has 2 N–H and O–H groups in total. The van der Waals surface area contributed by atoms with Gasteiger partial charge in [0, 0.05) is 30.1 Å². The average molecular weight is 348 g/mol. The fraction of sp³-hybridized carbons (Fsp3) is 0.105. The van der Waals surface area contributed by atoms with Gasteiger partial charge in [-0.15, -0.1) is 0 Å². The minimum Gasteiger partial charge on any atom is -0.492 e. The Kier molecular flexibility index (Phi) is 4.26. The van der Waals surface area contributed by atoms with E-state index in [0.717, 1.165) is 24.1 Å². The number of aliphatic imine (C=N–C) groups is 1. The number of nitrogens with one attached hydrogen (secondary N) is 1. The van der Waals surface area contributed by atoms with E-state index < -0.39 is 0 Å². The van der Waals surface area contributed by atoms with E-state index in [9.17, 15) is 5.11 Å². The number of hydrogen-bond acceptors (Lipinski definition) is 6. The Balaban J connectivity index is 1.46. The lowest BCUT2D eigenvalue weighted by Gasteiger charge is -2.02. The summed E-state index contributed by atoms with van der Waals surface area (Å²) in [4.78, 5) is 13.4. The van der Waals surface area contributed by atoms with Crippen LogP contribution in [0.4, 0.5) is 10.9 Å². The molecule has 0 radical (unpaired) electrons. The van der Waals surface area contributed by atoms with Crippen molar-refractivity contribution < 1.29 is 5.11 Å². The topological polar surface area (TPSA) is 70.4 Å². The molecule has 3 heterocycles.